The van der Waals surface area contributed by atoms with E-state index in [9.17, 15) is 0 Å². The van der Waals surface area contributed by atoms with E-state index < -0.39 is 0 Å². The summed E-state index contributed by atoms with van der Waals surface area (Å²) >= 11 is 0. The van der Waals surface area contributed by atoms with Crippen LogP contribution >= 0.6 is 0 Å². The summed E-state index contributed by atoms with van der Waals surface area (Å²) in [4.78, 5) is 9.55. The normalized spacial score (nSPS) is 14.0. The number of hydrogen-bond acceptors (Lipinski definition) is 4. The highest BCUT2D eigenvalue weighted by Gasteiger charge is 2.19. The molecule has 2 aromatic carbocycles. The van der Waals surface area contributed by atoms with Crippen molar-refractivity contribution in [2.24, 2.45) is 5.84 Å². The Morgan fingerprint density at radius 3 is 2.25 bits per heavy atom. The van der Waals surface area contributed by atoms with Crippen LogP contribution in [0.1, 0.15) is 30.7 Å². The number of nitrogen functional groups attached to an aromatic ring is 1. The lowest BCUT2D eigenvalue weighted by Crippen LogP contribution is -2.08. The minimum atomic E-state index is 0.630. The number of benzene rings is 2. The van der Waals surface area contributed by atoms with Crippen LogP contribution in [0.5, 0.6) is 0 Å². The van der Waals surface area contributed by atoms with Gasteiger partial charge in [-0.05, 0) is 48.1 Å². The third kappa shape index (κ3) is 3.02. The van der Waals surface area contributed by atoms with Gasteiger partial charge >= 0.3 is 0 Å². The van der Waals surface area contributed by atoms with Crippen LogP contribution in [0.3, 0.4) is 0 Å². The number of anilines is 1. The summed E-state index contributed by atoms with van der Waals surface area (Å²) in [6.07, 6.45) is 3.97. The van der Waals surface area contributed by atoms with Gasteiger partial charge in [0.05, 0.1) is 16.7 Å². The molecule has 0 atom stereocenters. The van der Waals surface area contributed by atoms with Crippen LogP contribution in [0.4, 0.5) is 5.82 Å². The van der Waals surface area contributed by atoms with Crippen molar-refractivity contribution in [3.05, 3.63) is 78.4 Å². The Bertz CT molecular complexity index is 1120. The maximum atomic E-state index is 5.53. The van der Waals surface area contributed by atoms with Crippen LogP contribution < -0.4 is 11.3 Å². The molecule has 1 aliphatic carbocycles. The largest absolute Gasteiger partial charge is 0.308 e. The molecule has 0 aliphatic heterocycles. The van der Waals surface area contributed by atoms with Crippen molar-refractivity contribution < 1.29 is 0 Å². The average molecular weight is 366 g/mol. The van der Waals surface area contributed by atoms with Crippen LogP contribution in [-0.2, 0) is 0 Å². The van der Waals surface area contributed by atoms with Crippen LogP contribution in [0.15, 0.2) is 72.8 Å². The number of pyridine rings is 2. The molecule has 3 N–H and O–H groups in total. The van der Waals surface area contributed by atoms with E-state index in [1.807, 2.05) is 30.3 Å². The molecule has 2 heterocycles. The summed E-state index contributed by atoms with van der Waals surface area (Å²) in [6, 6.07) is 25.2. The number of hydrogen-bond donors (Lipinski definition) is 2. The Kier molecular flexibility index (Phi) is 4.26. The standard InChI is InChI=1S/C24H22N4/c25-28-23-14-13-21-22(26-23)15-20(18-5-2-1-3-6-18)24(27-21)19-11-9-17(10-12-19)16-7-4-8-16/h1-3,5-6,9-16H,4,7-8,25H2,(H,26,28). The van der Waals surface area contributed by atoms with E-state index in [-0.39, 0.29) is 0 Å². The Morgan fingerprint density at radius 1 is 0.786 bits per heavy atom. The van der Waals surface area contributed by atoms with Gasteiger partial charge in [-0.2, -0.15) is 0 Å². The van der Waals surface area contributed by atoms with Crippen molar-refractivity contribution in [2.45, 2.75) is 25.2 Å². The van der Waals surface area contributed by atoms with Gasteiger partial charge in [-0.15, -0.1) is 0 Å². The molecule has 4 heteroatoms. The number of aromatic nitrogens is 2. The van der Waals surface area contributed by atoms with Crippen LogP contribution in [0.2, 0.25) is 0 Å². The molecule has 1 aliphatic rings. The predicted molar refractivity (Wildman–Crippen MR) is 115 cm³/mol. The number of hydrazine groups is 1. The molecule has 0 saturated heterocycles. The van der Waals surface area contributed by atoms with Crippen molar-refractivity contribution in [3.63, 3.8) is 0 Å². The van der Waals surface area contributed by atoms with Gasteiger partial charge in [-0.1, -0.05) is 61.0 Å². The molecule has 0 bridgehead atoms. The first-order valence-corrected chi connectivity index (χ1v) is 9.76. The highest BCUT2D eigenvalue weighted by Crippen LogP contribution is 2.38. The molecule has 1 saturated carbocycles. The molecule has 4 nitrogen and oxygen atoms in total. The van der Waals surface area contributed by atoms with Gasteiger partial charge in [0.15, 0.2) is 0 Å². The first kappa shape index (κ1) is 16.9. The van der Waals surface area contributed by atoms with Gasteiger partial charge < -0.3 is 5.43 Å². The molecule has 0 spiro atoms. The molecular weight excluding hydrogens is 344 g/mol. The van der Waals surface area contributed by atoms with Gasteiger partial charge in [-0.25, -0.2) is 15.8 Å². The number of fused-ring (bicyclic) bond motifs is 1. The molecule has 5 rings (SSSR count). The lowest BCUT2D eigenvalue weighted by molar-refractivity contribution is 0.420. The quantitative estimate of drug-likeness (QED) is 0.369. The maximum absolute atomic E-state index is 5.53. The number of nitrogens with one attached hydrogen (secondary N) is 1. The monoisotopic (exact) mass is 366 g/mol. The minimum absolute atomic E-state index is 0.630. The third-order valence-corrected chi connectivity index (χ3v) is 5.66. The molecule has 138 valence electrons. The van der Waals surface area contributed by atoms with E-state index in [1.165, 1.54) is 24.8 Å². The third-order valence-electron chi connectivity index (χ3n) is 5.66. The van der Waals surface area contributed by atoms with Crippen molar-refractivity contribution >= 4 is 16.9 Å². The maximum Gasteiger partial charge on any atom is 0.140 e. The fourth-order valence-electron chi connectivity index (χ4n) is 3.85. The number of nitrogens with zero attached hydrogens (tertiary/aromatic N) is 2. The van der Waals surface area contributed by atoms with E-state index in [1.54, 1.807) is 0 Å². The Hall–Kier alpha value is -3.24. The fourth-order valence-corrected chi connectivity index (χ4v) is 3.85. The summed E-state index contributed by atoms with van der Waals surface area (Å²) < 4.78 is 0. The summed E-state index contributed by atoms with van der Waals surface area (Å²) in [5.74, 6) is 6.90. The highest BCUT2D eigenvalue weighted by molar-refractivity contribution is 5.90. The molecule has 0 radical (unpaired) electrons. The van der Waals surface area contributed by atoms with Crippen molar-refractivity contribution in [1.82, 2.24) is 9.97 Å². The second-order valence-electron chi connectivity index (χ2n) is 7.38. The van der Waals surface area contributed by atoms with E-state index in [4.69, 9.17) is 10.8 Å². The minimum Gasteiger partial charge on any atom is -0.308 e. The number of rotatable bonds is 4. The molecule has 2 aromatic heterocycles. The van der Waals surface area contributed by atoms with Crippen LogP contribution in [-0.4, -0.2) is 9.97 Å². The first-order chi connectivity index (χ1) is 13.8. The van der Waals surface area contributed by atoms with Gasteiger partial charge in [0.1, 0.15) is 5.82 Å². The lowest BCUT2D eigenvalue weighted by Gasteiger charge is -2.25. The summed E-state index contributed by atoms with van der Waals surface area (Å²) in [5.41, 5.74) is 10.0. The predicted octanol–water partition coefficient (Wildman–Crippen LogP) is 5.52. The van der Waals surface area contributed by atoms with Gasteiger partial charge in [-0.3, -0.25) is 0 Å². The average Bonchev–Trinajstić information content (AvgIpc) is 2.72. The zero-order valence-corrected chi connectivity index (χ0v) is 15.6. The zero-order chi connectivity index (χ0) is 18.9. The van der Waals surface area contributed by atoms with Gasteiger partial charge in [0.2, 0.25) is 0 Å². The summed E-state index contributed by atoms with van der Waals surface area (Å²) in [7, 11) is 0. The fraction of sp³-hybridized carbons (Fsp3) is 0.167. The summed E-state index contributed by atoms with van der Waals surface area (Å²) in [6.45, 7) is 0. The van der Waals surface area contributed by atoms with Crippen molar-refractivity contribution in [3.8, 4) is 22.4 Å². The molecule has 4 aromatic rings. The van der Waals surface area contributed by atoms with Gasteiger partial charge in [0.25, 0.3) is 0 Å². The zero-order valence-electron chi connectivity index (χ0n) is 15.6. The second-order valence-corrected chi connectivity index (χ2v) is 7.38. The van der Waals surface area contributed by atoms with Gasteiger partial charge in [0, 0.05) is 11.1 Å². The summed E-state index contributed by atoms with van der Waals surface area (Å²) in [5, 5.41) is 0. The first-order valence-electron chi connectivity index (χ1n) is 9.76. The molecule has 28 heavy (non-hydrogen) atoms. The van der Waals surface area contributed by atoms with Crippen molar-refractivity contribution in [1.29, 1.82) is 0 Å². The van der Waals surface area contributed by atoms with E-state index in [0.717, 1.165) is 39.3 Å². The Balaban J connectivity index is 1.67. The van der Waals surface area contributed by atoms with Crippen LogP contribution in [0, 0.1) is 0 Å². The van der Waals surface area contributed by atoms with E-state index in [0.29, 0.717) is 5.82 Å². The smallest absolute Gasteiger partial charge is 0.140 e. The van der Waals surface area contributed by atoms with Crippen molar-refractivity contribution in [2.75, 3.05) is 5.43 Å². The Labute approximate surface area is 164 Å². The van der Waals surface area contributed by atoms with Crippen LogP contribution in [0.25, 0.3) is 33.4 Å². The molecule has 0 amide bonds. The topological polar surface area (TPSA) is 63.8 Å². The van der Waals surface area contributed by atoms with E-state index >= 15 is 0 Å². The Morgan fingerprint density at radius 2 is 1.57 bits per heavy atom. The lowest BCUT2D eigenvalue weighted by atomic mass is 9.80. The molecular formula is C24H22N4. The van der Waals surface area contributed by atoms with E-state index in [2.05, 4.69) is 52.9 Å². The molecule has 1 fully saturated rings. The SMILES string of the molecule is NNc1ccc2nc(-c3ccc(C4CCC4)cc3)c(-c3ccccc3)cc2n1. The highest BCUT2D eigenvalue weighted by atomic mass is 15.2. The molecule has 0 unspecified atom stereocenters. The second kappa shape index (κ2) is 7.06. The number of nitrogens with two attached hydrogens (primary N) is 1.